The summed E-state index contributed by atoms with van der Waals surface area (Å²) >= 11 is 15.5. The maximum Gasteiger partial charge on any atom is 0.573 e. The number of H-pyrrole nitrogens is 1. The summed E-state index contributed by atoms with van der Waals surface area (Å²) in [6.45, 7) is 16.9. The summed E-state index contributed by atoms with van der Waals surface area (Å²) in [6.07, 6.45) is 8.95. The molecule has 0 atom stereocenters. The quantitative estimate of drug-likeness (QED) is 0.0508. The third-order valence-corrected chi connectivity index (χ3v) is 20.3. The number of fused-ring (bicyclic) bond motifs is 3. The summed E-state index contributed by atoms with van der Waals surface area (Å²) in [4.78, 5) is 142. The summed E-state index contributed by atoms with van der Waals surface area (Å²) in [5.41, 5.74) is 8.00. The molecule has 4 saturated heterocycles. The van der Waals surface area contributed by atoms with Crippen LogP contribution in [0.25, 0.3) is 66.1 Å². The fraction of sp³-hybridized carbons (Fsp3) is 0.302. The van der Waals surface area contributed by atoms with Crippen molar-refractivity contribution in [1.29, 1.82) is 0 Å². The van der Waals surface area contributed by atoms with E-state index in [-0.39, 0.29) is 77.3 Å². The van der Waals surface area contributed by atoms with E-state index in [1.54, 1.807) is 114 Å². The number of rotatable bonds is 15. The second-order valence-corrected chi connectivity index (χ2v) is 29.1. The van der Waals surface area contributed by atoms with Gasteiger partial charge in [-0.15, -0.1) is 63.3 Å². The van der Waals surface area contributed by atoms with Gasteiger partial charge in [-0.2, -0.15) is 0 Å². The summed E-state index contributed by atoms with van der Waals surface area (Å²) in [5.74, 6) is -0.0992. The van der Waals surface area contributed by atoms with Crippen molar-refractivity contribution in [1.82, 2.24) is 105 Å². The van der Waals surface area contributed by atoms with E-state index < -0.39 is 23.9 Å². The topological polar surface area (TPSA) is 416 Å². The van der Waals surface area contributed by atoms with Crippen molar-refractivity contribution in [3.63, 3.8) is 0 Å². The number of carbonyl (C=O) groups excluding carboxylic acids is 5. The van der Waals surface area contributed by atoms with Gasteiger partial charge >= 0.3 is 18.3 Å². The molecule has 0 radical (unpaired) electrons. The van der Waals surface area contributed by atoms with Crippen LogP contribution in [0.15, 0.2) is 216 Å². The Balaban J connectivity index is 0.000000157. The zero-order chi connectivity index (χ0) is 90.9. The highest BCUT2D eigenvalue weighted by atomic mass is 35.5. The van der Waals surface area contributed by atoms with Crippen LogP contribution in [0.5, 0.6) is 5.75 Å². The van der Waals surface area contributed by atoms with E-state index in [4.69, 9.17) is 39.9 Å². The van der Waals surface area contributed by atoms with Gasteiger partial charge in [-0.1, -0.05) is 106 Å². The van der Waals surface area contributed by atoms with Crippen LogP contribution in [0.4, 0.5) is 37.0 Å². The van der Waals surface area contributed by atoms with Gasteiger partial charge in [0.2, 0.25) is 41.5 Å². The fourth-order valence-electron chi connectivity index (χ4n) is 13.1. The Morgan fingerprint density at radius 2 is 0.727 bits per heavy atom. The monoisotopic (exact) mass is 1810 g/mol. The van der Waals surface area contributed by atoms with E-state index in [0.717, 1.165) is 82.8 Å². The summed E-state index contributed by atoms with van der Waals surface area (Å²) < 4.78 is 47.3. The predicted molar refractivity (Wildman–Crippen MR) is 476 cm³/mol. The number of piperazine rings is 4. The molecule has 0 spiro atoms. The number of halogens is 6. The van der Waals surface area contributed by atoms with Gasteiger partial charge in [0.25, 0.3) is 16.7 Å². The summed E-state index contributed by atoms with van der Waals surface area (Å²) in [6, 6.07) is 44.7. The summed E-state index contributed by atoms with van der Waals surface area (Å²) in [5, 5.41) is 38.0. The van der Waals surface area contributed by atoms with Gasteiger partial charge in [-0.25, -0.2) is 54.3 Å². The third kappa shape index (κ3) is 27.5. The molecule has 128 heavy (non-hydrogen) atoms. The average Bonchev–Trinajstić information content (AvgIpc) is 0.795. The van der Waals surface area contributed by atoms with Gasteiger partial charge in [0.05, 0.1) is 16.2 Å². The molecule has 4 aliphatic rings. The number of aryl methyl sites for hydroxylation is 2. The predicted octanol–water partition coefficient (Wildman–Crippen LogP) is 7.48. The Morgan fingerprint density at radius 1 is 0.414 bits per heavy atom. The number of nitrogens with one attached hydrogen (secondary N) is 2. The average molecular weight is 1810 g/mol. The molecule has 3 amide bonds. The van der Waals surface area contributed by atoms with Crippen molar-refractivity contribution < 1.29 is 51.7 Å². The molecular weight excluding hydrogens is 1720 g/mol. The standard InChI is InChI=1S/C24H20F3N7O3.C24H23N7O2.C14H11N3O.C10H13ClN4O.C8H12N4.C4H4Cl2O3.C2H6O/c25-24(26,27)37-18-5-2-16(3-6-18)17-4-7-20-19(14-17)22(36)34(31-30-20)15-21(35)32-10-12-33(13-11-32)23-28-8-1-9-29-23;1-17-3-5-18(6-4-17)19-7-8-21-20(15-19)23(33)31(28-27-21)16-22(32)29-11-13-30(14-12-29)24-25-9-2-10-26-24;1-9-2-4-10(5-3-9)11-6-7-13-12(8-11)14(18)16-17-15-13;11-8-9(16)14-4-6-15(7-5-14)10-12-2-1-3-13-10;1-2-10-8(11-3-1)12-6-4-9-5-7-12;5-1-3(7)9-4(8)2-6;1-2-3/h1-9,14H,10-13,15H2;2-10,15H,11-14,16H2,1H3;2-8H,1H3,(H,15,16,18);1-3H,4-8H2;1-3,9H,4-7H2;1-2H2;3H,2H2,1H3. The Kier molecular flexibility index (Phi) is 35.0. The van der Waals surface area contributed by atoms with E-state index >= 15 is 0 Å². The maximum atomic E-state index is 13.1. The minimum Gasteiger partial charge on any atom is -0.406 e. The number of esters is 2. The lowest BCUT2D eigenvalue weighted by molar-refractivity contribution is -0.274. The molecule has 4 fully saturated rings. The van der Waals surface area contributed by atoms with Gasteiger partial charge in [0.1, 0.15) is 53.0 Å². The van der Waals surface area contributed by atoms with Gasteiger partial charge in [0, 0.05) is 161 Å². The minimum atomic E-state index is -4.78. The smallest absolute Gasteiger partial charge is 0.406 e. The molecule has 0 unspecified atom stereocenters. The second-order valence-electron chi connectivity index (χ2n) is 28.3. The highest BCUT2D eigenvalue weighted by Gasteiger charge is 2.32. The van der Waals surface area contributed by atoms with Crippen LogP contribution in [-0.4, -0.2) is 270 Å². The SMILES string of the molecule is CCO.Cc1ccc(-c2ccc3nn[nH]c(=O)c3c2)cc1.Cc1ccc(-c2ccc3nnn(CC(=O)N4CCN(c5ncccn5)CC4)c(=O)c3c2)cc1.O=C(CCl)N1CCN(c2ncccn2)CC1.O=C(CCl)OC(=O)CCl.O=C(Cn1nnc2ccc(-c3ccc(OC(F)(F)F)cc3)cc2c1=O)N1CCN(c2ncccn2)CC1.c1cnc(N2CCNCC2)nc1. The lowest BCUT2D eigenvalue weighted by Crippen LogP contribution is -2.50. The highest BCUT2D eigenvalue weighted by Crippen LogP contribution is 2.29. The number of carbonyl (C=O) groups is 5. The van der Waals surface area contributed by atoms with Crippen molar-refractivity contribution in [3.05, 3.63) is 243 Å². The zero-order valence-corrected chi connectivity index (χ0v) is 72.0. The molecule has 0 aliphatic carbocycles. The number of ether oxygens (including phenoxy) is 2. The van der Waals surface area contributed by atoms with Crippen LogP contribution in [0.3, 0.4) is 0 Å². The van der Waals surface area contributed by atoms with Crippen LogP contribution in [0, 0.1) is 13.8 Å². The van der Waals surface area contributed by atoms with Crippen LogP contribution in [0.2, 0.25) is 0 Å². The molecule has 36 nitrogen and oxygen atoms in total. The number of hydrogen-bond acceptors (Lipinski definition) is 30. The van der Waals surface area contributed by atoms with Crippen LogP contribution in [0.1, 0.15) is 18.1 Å². The molecule has 3 N–H and O–H groups in total. The Labute approximate surface area is 745 Å². The minimum absolute atomic E-state index is 0.00435. The number of alkyl halides is 6. The normalized spacial score (nSPS) is 13.7. The van der Waals surface area contributed by atoms with E-state index in [2.05, 4.69) is 113 Å². The van der Waals surface area contributed by atoms with Crippen molar-refractivity contribution in [2.24, 2.45) is 0 Å². The fourth-order valence-corrected chi connectivity index (χ4v) is 13.4. The number of aliphatic hydroxyl groups excluding tert-OH is 1. The van der Waals surface area contributed by atoms with Crippen molar-refractivity contribution >= 4 is 121 Å². The lowest BCUT2D eigenvalue weighted by Gasteiger charge is -2.34. The number of aliphatic hydroxyl groups is 1. The highest BCUT2D eigenvalue weighted by molar-refractivity contribution is 6.29. The summed E-state index contributed by atoms with van der Waals surface area (Å²) in [7, 11) is 0. The molecule has 0 bridgehead atoms. The van der Waals surface area contributed by atoms with Crippen LogP contribution in [-0.2, 0) is 41.8 Å². The number of hydrogen-bond donors (Lipinski definition) is 3. The van der Waals surface area contributed by atoms with E-state index in [1.807, 2.05) is 96.4 Å². The molecule has 4 aliphatic heterocycles. The number of anilines is 4. The van der Waals surface area contributed by atoms with E-state index in [0.29, 0.717) is 116 Å². The van der Waals surface area contributed by atoms with Crippen LogP contribution < -0.4 is 46.3 Å². The number of benzene rings is 6. The van der Waals surface area contributed by atoms with Crippen molar-refractivity contribution in [3.8, 4) is 39.1 Å². The Hall–Kier alpha value is -14.0. The molecule has 0 saturated carbocycles. The number of aromatic amines is 1. The van der Waals surface area contributed by atoms with Crippen LogP contribution >= 0.6 is 34.8 Å². The second kappa shape index (κ2) is 47.3. The van der Waals surface area contributed by atoms with Crippen molar-refractivity contribution in [2.75, 3.05) is 149 Å². The molecule has 42 heteroatoms. The molecular formula is C86H89Cl3F3N25O11. The number of aromatic nitrogens is 17. The Morgan fingerprint density at radius 3 is 1.06 bits per heavy atom. The van der Waals surface area contributed by atoms with E-state index in [1.165, 1.54) is 35.4 Å². The molecule has 11 heterocycles. The van der Waals surface area contributed by atoms with Gasteiger partial charge < -0.3 is 54.2 Å². The molecule has 666 valence electrons. The maximum absolute atomic E-state index is 13.1. The number of amides is 3. The first-order chi connectivity index (χ1) is 62.0. The first-order valence-electron chi connectivity index (χ1n) is 40.2. The molecule has 6 aromatic carbocycles. The Bertz CT molecular complexity index is 5980. The molecule has 17 rings (SSSR count). The molecule has 13 aromatic rings. The van der Waals surface area contributed by atoms with Gasteiger partial charge in [-0.3, -0.25) is 38.4 Å². The first-order valence-corrected chi connectivity index (χ1v) is 41.8. The van der Waals surface area contributed by atoms with Gasteiger partial charge in [-0.05, 0) is 127 Å². The van der Waals surface area contributed by atoms with Gasteiger partial charge in [0.15, 0.2) is 0 Å². The van der Waals surface area contributed by atoms with Crippen molar-refractivity contribution in [2.45, 2.75) is 40.2 Å². The molecule has 7 aromatic heterocycles. The number of nitrogens with zero attached hydrogens (tertiary/aromatic N) is 23. The zero-order valence-electron chi connectivity index (χ0n) is 69.7. The lowest BCUT2D eigenvalue weighted by atomic mass is 10.0. The van der Waals surface area contributed by atoms with E-state index in [9.17, 15) is 51.5 Å². The first kappa shape index (κ1) is 94.7. The third-order valence-electron chi connectivity index (χ3n) is 19.7. The largest absolute Gasteiger partial charge is 0.573 e.